The van der Waals surface area contributed by atoms with Gasteiger partial charge in [0.15, 0.2) is 0 Å². The molecule has 4 rings (SSSR count). The van der Waals surface area contributed by atoms with Gasteiger partial charge in [0.1, 0.15) is 5.75 Å². The summed E-state index contributed by atoms with van der Waals surface area (Å²) < 4.78 is 5.60. The molecular weight excluding hydrogens is 476 g/mol. The molecule has 1 heterocycles. The number of aromatic nitrogens is 1. The van der Waals surface area contributed by atoms with E-state index in [4.69, 9.17) is 4.74 Å². The smallest absolute Gasteiger partial charge is 0.303 e. The second kappa shape index (κ2) is 12.7. The fourth-order valence-electron chi connectivity index (χ4n) is 5.76. The number of anilines is 1. The molecule has 2 atom stereocenters. The van der Waals surface area contributed by atoms with Crippen LogP contribution in [0.25, 0.3) is 11.1 Å². The van der Waals surface area contributed by atoms with Crippen LogP contribution < -0.4 is 10.1 Å². The molecule has 6 nitrogen and oxygen atoms in total. The zero-order valence-corrected chi connectivity index (χ0v) is 22.6. The number of hydrogen-bond acceptors (Lipinski definition) is 4. The van der Waals surface area contributed by atoms with Gasteiger partial charge in [-0.05, 0) is 79.3 Å². The van der Waals surface area contributed by atoms with Gasteiger partial charge in [0.25, 0.3) is 0 Å². The Hall–Kier alpha value is -3.67. The molecule has 1 aromatic heterocycles. The molecule has 1 amide bonds. The lowest BCUT2D eigenvalue weighted by Crippen LogP contribution is -2.27. The van der Waals surface area contributed by atoms with Crippen molar-refractivity contribution < 1.29 is 19.4 Å². The lowest BCUT2D eigenvalue weighted by molar-refractivity contribution is -0.137. The van der Waals surface area contributed by atoms with Crippen LogP contribution in [-0.2, 0) is 9.59 Å². The van der Waals surface area contributed by atoms with Crippen LogP contribution in [0.3, 0.4) is 0 Å². The molecule has 3 aromatic rings. The number of amides is 1. The number of carbonyl (C=O) groups excluding carboxylic acids is 1. The SMILES string of the molecule is CCOc1cncc(-c2ccc([C@H](C(=O)Nc3cccc([C@H](CC)CC(=O)O)c3C)C3CCCC3)cc2)c1. The van der Waals surface area contributed by atoms with E-state index in [1.165, 1.54) is 0 Å². The summed E-state index contributed by atoms with van der Waals surface area (Å²) in [6.07, 6.45) is 8.70. The van der Waals surface area contributed by atoms with Gasteiger partial charge in [-0.3, -0.25) is 14.6 Å². The number of benzene rings is 2. The Morgan fingerprint density at radius 3 is 2.45 bits per heavy atom. The van der Waals surface area contributed by atoms with E-state index in [-0.39, 0.29) is 24.2 Å². The molecule has 0 saturated heterocycles. The largest absolute Gasteiger partial charge is 0.492 e. The maximum absolute atomic E-state index is 13.8. The Morgan fingerprint density at radius 2 is 1.79 bits per heavy atom. The van der Waals surface area contributed by atoms with Crippen molar-refractivity contribution in [3.05, 3.63) is 77.6 Å². The molecular formula is C32H38N2O4. The van der Waals surface area contributed by atoms with Crippen LogP contribution >= 0.6 is 0 Å². The summed E-state index contributed by atoms with van der Waals surface area (Å²) in [6, 6.07) is 16.0. The molecule has 0 radical (unpaired) electrons. The average Bonchev–Trinajstić information content (AvgIpc) is 3.44. The first kappa shape index (κ1) is 27.4. The lowest BCUT2D eigenvalue weighted by Gasteiger charge is -2.25. The zero-order chi connectivity index (χ0) is 27.1. The monoisotopic (exact) mass is 514 g/mol. The van der Waals surface area contributed by atoms with Crippen LogP contribution in [0.2, 0.25) is 0 Å². The minimum absolute atomic E-state index is 0.00353. The Bertz CT molecular complexity index is 1250. The first-order chi connectivity index (χ1) is 18.4. The van der Waals surface area contributed by atoms with Gasteiger partial charge in [-0.15, -0.1) is 0 Å². The summed E-state index contributed by atoms with van der Waals surface area (Å²) in [5.41, 5.74) is 5.70. The molecule has 6 heteroatoms. The maximum Gasteiger partial charge on any atom is 0.303 e. The highest BCUT2D eigenvalue weighted by Crippen LogP contribution is 2.39. The van der Waals surface area contributed by atoms with Crippen LogP contribution in [0.4, 0.5) is 5.69 Å². The van der Waals surface area contributed by atoms with Gasteiger partial charge < -0.3 is 15.2 Å². The highest BCUT2D eigenvalue weighted by atomic mass is 16.5. The predicted octanol–water partition coefficient (Wildman–Crippen LogP) is 7.34. The van der Waals surface area contributed by atoms with Crippen molar-refractivity contribution in [2.45, 2.75) is 71.1 Å². The molecule has 1 aliphatic carbocycles. The standard InChI is InChI=1S/C32H38N2O4/c1-4-22(18-30(35)36)28-11-8-12-29(21(28)3)34-32(37)31(24-9-6-7-10-24)25-15-13-23(14-16-25)26-17-27(38-5-2)20-33-19-26/h8,11-17,19-20,22,24,31H,4-7,9-10,18H2,1-3H3,(H,34,37)(H,35,36)/t22-,31-/m1/s1. The van der Waals surface area contributed by atoms with E-state index < -0.39 is 5.97 Å². The summed E-state index contributed by atoms with van der Waals surface area (Å²) in [7, 11) is 0. The van der Waals surface area contributed by atoms with Crippen molar-refractivity contribution >= 4 is 17.6 Å². The summed E-state index contributed by atoms with van der Waals surface area (Å²) in [5, 5.41) is 12.6. The minimum atomic E-state index is -0.809. The molecule has 2 aromatic carbocycles. The molecule has 0 aliphatic heterocycles. The summed E-state index contributed by atoms with van der Waals surface area (Å²) in [4.78, 5) is 29.5. The third-order valence-electron chi connectivity index (χ3n) is 7.77. The number of aliphatic carboxylic acids is 1. The van der Waals surface area contributed by atoms with E-state index in [9.17, 15) is 14.7 Å². The Balaban J connectivity index is 1.59. The number of carbonyl (C=O) groups is 2. The number of nitrogens with zero attached hydrogens (tertiary/aromatic N) is 1. The van der Waals surface area contributed by atoms with Crippen molar-refractivity contribution in [1.29, 1.82) is 0 Å². The fraction of sp³-hybridized carbons (Fsp3) is 0.406. The number of carboxylic acids is 1. The summed E-state index contributed by atoms with van der Waals surface area (Å²) in [6.45, 7) is 6.51. The number of hydrogen-bond donors (Lipinski definition) is 2. The topological polar surface area (TPSA) is 88.5 Å². The van der Waals surface area contributed by atoms with Gasteiger partial charge in [-0.2, -0.15) is 0 Å². The Morgan fingerprint density at radius 1 is 1.05 bits per heavy atom. The third-order valence-corrected chi connectivity index (χ3v) is 7.77. The number of rotatable bonds is 11. The normalized spacial score (nSPS) is 15.1. The van der Waals surface area contributed by atoms with Crippen molar-refractivity contribution in [3.8, 4) is 16.9 Å². The molecule has 200 valence electrons. The fourth-order valence-corrected chi connectivity index (χ4v) is 5.76. The van der Waals surface area contributed by atoms with Gasteiger partial charge in [0.2, 0.25) is 5.91 Å². The van der Waals surface area contributed by atoms with E-state index in [1.807, 2.05) is 51.2 Å². The molecule has 0 unspecified atom stereocenters. The van der Waals surface area contributed by atoms with E-state index >= 15 is 0 Å². The second-order valence-electron chi connectivity index (χ2n) is 10.2. The maximum atomic E-state index is 13.8. The zero-order valence-electron chi connectivity index (χ0n) is 22.6. The van der Waals surface area contributed by atoms with Gasteiger partial charge in [0, 0.05) is 17.4 Å². The van der Waals surface area contributed by atoms with Crippen molar-refractivity contribution in [2.75, 3.05) is 11.9 Å². The van der Waals surface area contributed by atoms with Gasteiger partial charge in [0.05, 0.1) is 25.1 Å². The Kier molecular flexibility index (Phi) is 9.16. The van der Waals surface area contributed by atoms with Crippen LogP contribution in [0.15, 0.2) is 60.9 Å². The van der Waals surface area contributed by atoms with E-state index in [0.29, 0.717) is 12.5 Å². The second-order valence-corrected chi connectivity index (χ2v) is 10.2. The highest BCUT2D eigenvalue weighted by Gasteiger charge is 2.32. The number of pyridine rings is 1. The van der Waals surface area contributed by atoms with Crippen LogP contribution in [-0.4, -0.2) is 28.6 Å². The van der Waals surface area contributed by atoms with E-state index in [1.54, 1.807) is 6.20 Å². The number of ether oxygens (including phenoxy) is 1. The number of carboxylic acid groups (broad SMARTS) is 1. The first-order valence-electron chi connectivity index (χ1n) is 13.7. The highest BCUT2D eigenvalue weighted by molar-refractivity contribution is 5.97. The molecule has 1 saturated carbocycles. The van der Waals surface area contributed by atoms with Gasteiger partial charge >= 0.3 is 5.97 Å². The van der Waals surface area contributed by atoms with Gasteiger partial charge in [-0.25, -0.2) is 0 Å². The van der Waals surface area contributed by atoms with Crippen LogP contribution in [0.1, 0.15) is 80.9 Å². The third kappa shape index (κ3) is 6.42. The summed E-state index contributed by atoms with van der Waals surface area (Å²) >= 11 is 0. The molecule has 2 N–H and O–H groups in total. The number of nitrogens with one attached hydrogen (secondary N) is 1. The van der Waals surface area contributed by atoms with E-state index in [2.05, 4.69) is 34.6 Å². The molecule has 0 spiro atoms. The molecule has 0 bridgehead atoms. The first-order valence-corrected chi connectivity index (χ1v) is 13.7. The Labute approximate surface area is 225 Å². The average molecular weight is 515 g/mol. The molecule has 1 aliphatic rings. The molecule has 38 heavy (non-hydrogen) atoms. The van der Waals surface area contributed by atoms with Crippen LogP contribution in [0, 0.1) is 12.8 Å². The summed E-state index contributed by atoms with van der Waals surface area (Å²) in [5.74, 6) is -0.111. The van der Waals surface area contributed by atoms with Crippen LogP contribution in [0.5, 0.6) is 5.75 Å². The quantitative estimate of drug-likeness (QED) is 0.279. The van der Waals surface area contributed by atoms with Crippen molar-refractivity contribution in [3.63, 3.8) is 0 Å². The predicted molar refractivity (Wildman–Crippen MR) is 151 cm³/mol. The van der Waals surface area contributed by atoms with Crippen molar-refractivity contribution in [1.82, 2.24) is 4.98 Å². The minimum Gasteiger partial charge on any atom is -0.492 e. The van der Waals surface area contributed by atoms with E-state index in [0.717, 1.165) is 71.4 Å². The lowest BCUT2D eigenvalue weighted by atomic mass is 9.83. The van der Waals surface area contributed by atoms with Gasteiger partial charge in [-0.1, -0.05) is 56.2 Å². The van der Waals surface area contributed by atoms with Crippen molar-refractivity contribution in [2.24, 2.45) is 5.92 Å². The molecule has 1 fully saturated rings.